The van der Waals surface area contributed by atoms with Gasteiger partial charge in [0.05, 0.1) is 11.6 Å². The molecule has 1 aromatic rings. The highest BCUT2D eigenvalue weighted by Crippen LogP contribution is 2.23. The summed E-state index contributed by atoms with van der Waals surface area (Å²) >= 11 is 4.52. The first-order chi connectivity index (χ1) is 5.65. The largest absolute Gasteiger partial charge is 0.462 e. The minimum absolute atomic E-state index is 0.310. The molecule has 1 heterocycles. The van der Waals surface area contributed by atoms with E-state index in [1.165, 1.54) is 11.3 Å². The predicted octanol–water partition coefficient (Wildman–Crippen LogP) is 2.39. The molecule has 0 aliphatic carbocycles. The zero-order chi connectivity index (χ0) is 9.14. The van der Waals surface area contributed by atoms with Gasteiger partial charge in [-0.3, -0.25) is 0 Å². The Bertz CT molecular complexity index is 298. The summed E-state index contributed by atoms with van der Waals surface area (Å²) in [4.78, 5) is 15.8. The van der Waals surface area contributed by atoms with Crippen molar-refractivity contribution in [3.63, 3.8) is 0 Å². The lowest BCUT2D eigenvalue weighted by atomic mass is 10.5. The van der Waals surface area contributed by atoms with Gasteiger partial charge < -0.3 is 4.74 Å². The molecule has 0 aromatic carbocycles. The van der Waals surface area contributed by atoms with Crippen LogP contribution in [-0.2, 0) is 4.74 Å². The quantitative estimate of drug-likeness (QED) is 0.756. The Kier molecular flexibility index (Phi) is 3.22. The van der Waals surface area contributed by atoms with Crippen LogP contribution in [0.25, 0.3) is 0 Å². The second kappa shape index (κ2) is 4.00. The van der Waals surface area contributed by atoms with Crippen molar-refractivity contribution in [3.05, 3.63) is 14.5 Å². The molecule has 5 heteroatoms. The molecule has 0 atom stereocenters. The molecule has 0 saturated carbocycles. The van der Waals surface area contributed by atoms with Gasteiger partial charge in [0.25, 0.3) is 0 Å². The Labute approximate surface area is 82.9 Å². The highest BCUT2D eigenvalue weighted by atomic mass is 79.9. The van der Waals surface area contributed by atoms with Crippen molar-refractivity contribution in [1.29, 1.82) is 0 Å². The first kappa shape index (κ1) is 9.67. The van der Waals surface area contributed by atoms with Crippen molar-refractivity contribution in [2.45, 2.75) is 13.8 Å². The molecule has 3 nitrogen and oxygen atoms in total. The SMILES string of the molecule is CCOC(=O)c1sc(C)nc1Br. The maximum Gasteiger partial charge on any atom is 0.351 e. The average Bonchev–Trinajstić information content (AvgIpc) is 2.30. The van der Waals surface area contributed by atoms with Crippen LogP contribution >= 0.6 is 27.3 Å². The van der Waals surface area contributed by atoms with Crippen LogP contribution in [0.15, 0.2) is 4.60 Å². The summed E-state index contributed by atoms with van der Waals surface area (Å²) in [5.41, 5.74) is 0. The molecule has 0 bridgehead atoms. The van der Waals surface area contributed by atoms with Gasteiger partial charge in [-0.15, -0.1) is 11.3 Å². The number of aryl methyl sites for hydroxylation is 1. The van der Waals surface area contributed by atoms with Crippen molar-refractivity contribution < 1.29 is 9.53 Å². The molecule has 0 amide bonds. The monoisotopic (exact) mass is 249 g/mol. The standard InChI is InChI=1S/C7H8BrNO2S/c1-3-11-7(10)5-6(8)9-4(2)12-5/h3H2,1-2H3. The van der Waals surface area contributed by atoms with Gasteiger partial charge in [0, 0.05) is 0 Å². The van der Waals surface area contributed by atoms with E-state index in [2.05, 4.69) is 20.9 Å². The Balaban J connectivity index is 2.87. The van der Waals surface area contributed by atoms with Crippen LogP contribution in [0.4, 0.5) is 0 Å². The molecule has 0 N–H and O–H groups in total. The van der Waals surface area contributed by atoms with Gasteiger partial charge in [-0.05, 0) is 29.8 Å². The van der Waals surface area contributed by atoms with Crippen LogP contribution in [0.3, 0.4) is 0 Å². The Morgan fingerprint density at radius 3 is 2.83 bits per heavy atom. The molecule has 1 aromatic heterocycles. The second-order valence-corrected chi connectivity index (χ2v) is 4.03. The number of nitrogens with zero attached hydrogens (tertiary/aromatic N) is 1. The lowest BCUT2D eigenvalue weighted by molar-refractivity contribution is 0.0531. The van der Waals surface area contributed by atoms with E-state index in [-0.39, 0.29) is 5.97 Å². The van der Waals surface area contributed by atoms with E-state index in [0.29, 0.717) is 16.1 Å². The zero-order valence-corrected chi connectivity index (χ0v) is 9.16. The topological polar surface area (TPSA) is 39.2 Å². The van der Waals surface area contributed by atoms with Crippen LogP contribution in [0.1, 0.15) is 21.6 Å². The van der Waals surface area contributed by atoms with Crippen LogP contribution in [0.5, 0.6) is 0 Å². The minimum Gasteiger partial charge on any atom is -0.462 e. The molecule has 0 aliphatic rings. The Hall–Kier alpha value is -0.420. The number of esters is 1. The van der Waals surface area contributed by atoms with Gasteiger partial charge in [-0.2, -0.15) is 0 Å². The average molecular weight is 250 g/mol. The Morgan fingerprint density at radius 2 is 2.42 bits per heavy atom. The highest BCUT2D eigenvalue weighted by Gasteiger charge is 2.15. The van der Waals surface area contributed by atoms with E-state index < -0.39 is 0 Å². The molecular formula is C7H8BrNO2S. The molecule has 1 rings (SSSR count). The maximum atomic E-state index is 11.2. The van der Waals surface area contributed by atoms with Crippen molar-refractivity contribution in [2.75, 3.05) is 6.61 Å². The fourth-order valence-corrected chi connectivity index (χ4v) is 2.22. The molecule has 0 aliphatic heterocycles. The van der Waals surface area contributed by atoms with Gasteiger partial charge >= 0.3 is 5.97 Å². The minimum atomic E-state index is -0.310. The number of carbonyl (C=O) groups is 1. The molecular weight excluding hydrogens is 242 g/mol. The van der Waals surface area contributed by atoms with Crippen molar-refractivity contribution in [1.82, 2.24) is 4.98 Å². The van der Waals surface area contributed by atoms with Gasteiger partial charge in [-0.25, -0.2) is 9.78 Å². The first-order valence-corrected chi connectivity index (χ1v) is 5.06. The summed E-state index contributed by atoms with van der Waals surface area (Å²) in [6.45, 7) is 4.01. The number of ether oxygens (including phenoxy) is 1. The number of thiazole rings is 1. The van der Waals surface area contributed by atoms with Gasteiger partial charge in [0.2, 0.25) is 0 Å². The molecule has 0 saturated heterocycles. The predicted molar refractivity (Wildman–Crippen MR) is 50.5 cm³/mol. The van der Waals surface area contributed by atoms with Crippen LogP contribution in [0.2, 0.25) is 0 Å². The normalized spacial score (nSPS) is 9.92. The molecule has 0 unspecified atom stereocenters. The number of rotatable bonds is 2. The van der Waals surface area contributed by atoms with Crippen LogP contribution in [-0.4, -0.2) is 17.6 Å². The van der Waals surface area contributed by atoms with Crippen LogP contribution in [0, 0.1) is 6.92 Å². The summed E-state index contributed by atoms with van der Waals surface area (Å²) in [5, 5.41) is 0.852. The van der Waals surface area contributed by atoms with E-state index >= 15 is 0 Å². The number of aromatic nitrogens is 1. The summed E-state index contributed by atoms with van der Waals surface area (Å²) < 4.78 is 5.40. The van der Waals surface area contributed by atoms with Crippen molar-refractivity contribution in [2.24, 2.45) is 0 Å². The van der Waals surface area contributed by atoms with Gasteiger partial charge in [0.15, 0.2) is 0 Å². The molecule has 0 fully saturated rings. The summed E-state index contributed by atoms with van der Waals surface area (Å²) in [6, 6.07) is 0. The zero-order valence-electron chi connectivity index (χ0n) is 6.76. The smallest absolute Gasteiger partial charge is 0.351 e. The maximum absolute atomic E-state index is 11.2. The highest BCUT2D eigenvalue weighted by molar-refractivity contribution is 9.10. The molecule has 66 valence electrons. The van der Waals surface area contributed by atoms with E-state index in [1.807, 2.05) is 6.92 Å². The number of halogens is 1. The lowest BCUT2D eigenvalue weighted by Crippen LogP contribution is -2.02. The summed E-state index contributed by atoms with van der Waals surface area (Å²) in [6.07, 6.45) is 0. The van der Waals surface area contributed by atoms with Crippen molar-refractivity contribution in [3.8, 4) is 0 Å². The fraction of sp³-hybridized carbons (Fsp3) is 0.429. The van der Waals surface area contributed by atoms with Crippen molar-refractivity contribution >= 4 is 33.2 Å². The summed E-state index contributed by atoms with van der Waals surface area (Å²) in [5.74, 6) is -0.310. The third-order valence-electron chi connectivity index (χ3n) is 1.15. The molecule has 0 spiro atoms. The third kappa shape index (κ3) is 2.04. The Morgan fingerprint density at radius 1 is 1.75 bits per heavy atom. The number of hydrogen-bond acceptors (Lipinski definition) is 4. The fourth-order valence-electron chi connectivity index (χ4n) is 0.724. The summed E-state index contributed by atoms with van der Waals surface area (Å²) in [7, 11) is 0. The second-order valence-electron chi connectivity index (χ2n) is 2.07. The van der Waals surface area contributed by atoms with Crippen LogP contribution < -0.4 is 0 Å². The third-order valence-corrected chi connectivity index (χ3v) is 2.94. The first-order valence-electron chi connectivity index (χ1n) is 3.45. The van der Waals surface area contributed by atoms with Gasteiger partial charge in [-0.1, -0.05) is 0 Å². The van der Waals surface area contributed by atoms with E-state index in [0.717, 1.165) is 5.01 Å². The number of hydrogen-bond donors (Lipinski definition) is 0. The number of carbonyl (C=O) groups excluding carboxylic acids is 1. The molecule has 0 radical (unpaired) electrons. The van der Waals surface area contributed by atoms with E-state index in [4.69, 9.17) is 4.74 Å². The van der Waals surface area contributed by atoms with E-state index in [9.17, 15) is 4.79 Å². The van der Waals surface area contributed by atoms with E-state index in [1.54, 1.807) is 6.92 Å². The lowest BCUT2D eigenvalue weighted by Gasteiger charge is -1.96. The van der Waals surface area contributed by atoms with Gasteiger partial charge in [0.1, 0.15) is 9.48 Å². The molecule has 12 heavy (non-hydrogen) atoms.